The fraction of sp³-hybridized carbons (Fsp3) is 0.600. The minimum Gasteiger partial charge on any atom is -0.311 e. The fourth-order valence-corrected chi connectivity index (χ4v) is 2.48. The Morgan fingerprint density at radius 3 is 3.23 bits per heavy atom. The van der Waals surface area contributed by atoms with Crippen LogP contribution < -0.4 is 5.32 Å². The second-order valence-electron chi connectivity index (χ2n) is 3.55. The largest absolute Gasteiger partial charge is 0.311 e. The highest BCUT2D eigenvalue weighted by molar-refractivity contribution is 7.07. The molecule has 0 amide bonds. The lowest BCUT2D eigenvalue weighted by Gasteiger charge is -2.14. The summed E-state index contributed by atoms with van der Waals surface area (Å²) in [6, 6.07) is 2.10. The van der Waals surface area contributed by atoms with Gasteiger partial charge >= 0.3 is 0 Å². The Morgan fingerprint density at radius 1 is 1.69 bits per heavy atom. The molecule has 13 heavy (non-hydrogen) atoms. The molecule has 0 saturated carbocycles. The lowest BCUT2D eigenvalue weighted by molar-refractivity contribution is 0.264. The van der Waals surface area contributed by atoms with Crippen molar-refractivity contribution in [2.24, 2.45) is 0 Å². The zero-order valence-corrected chi connectivity index (χ0v) is 8.32. The topological polar surface area (TPSA) is 12.0 Å². The molecule has 0 bridgehead atoms. The summed E-state index contributed by atoms with van der Waals surface area (Å²) in [6.45, 7) is 0.981. The van der Waals surface area contributed by atoms with Gasteiger partial charge in [-0.3, -0.25) is 0 Å². The van der Waals surface area contributed by atoms with Gasteiger partial charge in [0.1, 0.15) is 6.17 Å². The molecule has 1 nitrogen and oxygen atoms in total. The monoisotopic (exact) mass is 199 g/mol. The second-order valence-corrected chi connectivity index (χ2v) is 4.33. The van der Waals surface area contributed by atoms with Crippen LogP contribution in [0, 0.1) is 0 Å². The Labute approximate surface area is 82.0 Å². The molecule has 1 N–H and O–H groups in total. The third-order valence-electron chi connectivity index (χ3n) is 2.55. The SMILES string of the molecule is FC(Cc1ccsc1)C1CCCN1. The van der Waals surface area contributed by atoms with Gasteiger partial charge in [-0.1, -0.05) is 0 Å². The van der Waals surface area contributed by atoms with E-state index in [0.29, 0.717) is 6.42 Å². The number of thiophene rings is 1. The van der Waals surface area contributed by atoms with Crippen molar-refractivity contribution in [2.45, 2.75) is 31.5 Å². The zero-order valence-electron chi connectivity index (χ0n) is 7.50. The van der Waals surface area contributed by atoms with Gasteiger partial charge in [0.25, 0.3) is 0 Å². The van der Waals surface area contributed by atoms with E-state index in [1.165, 1.54) is 0 Å². The maximum Gasteiger partial charge on any atom is 0.119 e. The van der Waals surface area contributed by atoms with Gasteiger partial charge in [-0.15, -0.1) is 0 Å². The summed E-state index contributed by atoms with van der Waals surface area (Å²) in [6.07, 6.45) is 1.97. The van der Waals surface area contributed by atoms with Gasteiger partial charge < -0.3 is 5.32 Å². The lowest BCUT2D eigenvalue weighted by Crippen LogP contribution is -2.33. The first-order valence-corrected chi connectivity index (χ1v) is 5.69. The number of hydrogen-bond donors (Lipinski definition) is 1. The fourth-order valence-electron chi connectivity index (χ4n) is 1.80. The molecule has 72 valence electrons. The summed E-state index contributed by atoms with van der Waals surface area (Å²) in [5, 5.41) is 7.23. The van der Waals surface area contributed by atoms with Crippen molar-refractivity contribution >= 4 is 11.3 Å². The first-order valence-electron chi connectivity index (χ1n) is 4.75. The van der Waals surface area contributed by atoms with Crippen LogP contribution in [0.3, 0.4) is 0 Å². The highest BCUT2D eigenvalue weighted by Crippen LogP contribution is 2.17. The zero-order chi connectivity index (χ0) is 9.10. The van der Waals surface area contributed by atoms with Crippen LogP contribution in [0.1, 0.15) is 18.4 Å². The third kappa shape index (κ3) is 2.29. The van der Waals surface area contributed by atoms with E-state index in [-0.39, 0.29) is 6.04 Å². The van der Waals surface area contributed by atoms with E-state index < -0.39 is 6.17 Å². The highest BCUT2D eigenvalue weighted by Gasteiger charge is 2.24. The summed E-state index contributed by atoms with van der Waals surface area (Å²) in [4.78, 5) is 0. The Bertz CT molecular complexity index is 241. The van der Waals surface area contributed by atoms with Gasteiger partial charge in [-0.2, -0.15) is 11.3 Å². The van der Waals surface area contributed by atoms with Crippen LogP contribution in [0.2, 0.25) is 0 Å². The molecule has 1 aliphatic rings. The van der Waals surface area contributed by atoms with E-state index in [9.17, 15) is 4.39 Å². The first kappa shape index (κ1) is 9.16. The van der Waals surface area contributed by atoms with Crippen LogP contribution in [0.5, 0.6) is 0 Å². The van der Waals surface area contributed by atoms with Crippen molar-refractivity contribution < 1.29 is 4.39 Å². The average molecular weight is 199 g/mol. The number of rotatable bonds is 3. The molecule has 0 aliphatic carbocycles. The van der Waals surface area contributed by atoms with E-state index >= 15 is 0 Å². The Morgan fingerprint density at radius 2 is 2.62 bits per heavy atom. The number of nitrogens with one attached hydrogen (secondary N) is 1. The number of alkyl halides is 1. The van der Waals surface area contributed by atoms with Crippen LogP contribution in [-0.4, -0.2) is 18.8 Å². The minimum absolute atomic E-state index is 0.0971. The Hall–Kier alpha value is -0.410. The second kappa shape index (κ2) is 4.20. The summed E-state index contributed by atoms with van der Waals surface area (Å²) in [5.41, 5.74) is 1.13. The van der Waals surface area contributed by atoms with E-state index in [1.807, 2.05) is 16.8 Å². The number of halogens is 1. The van der Waals surface area contributed by atoms with Crippen LogP contribution >= 0.6 is 11.3 Å². The maximum absolute atomic E-state index is 13.6. The van der Waals surface area contributed by atoms with Gasteiger partial charge in [0.15, 0.2) is 0 Å². The highest BCUT2D eigenvalue weighted by atomic mass is 32.1. The van der Waals surface area contributed by atoms with Crippen molar-refractivity contribution in [3.05, 3.63) is 22.4 Å². The Balaban J connectivity index is 1.87. The Kier molecular flexibility index (Phi) is 2.96. The molecule has 1 aliphatic heterocycles. The van der Waals surface area contributed by atoms with E-state index in [4.69, 9.17) is 0 Å². The molecule has 2 atom stereocenters. The molecule has 0 spiro atoms. The molecule has 2 unspecified atom stereocenters. The molecule has 1 aromatic heterocycles. The molecule has 0 aromatic carbocycles. The number of hydrogen-bond acceptors (Lipinski definition) is 2. The van der Waals surface area contributed by atoms with Gasteiger partial charge in [-0.05, 0) is 41.8 Å². The minimum atomic E-state index is -0.711. The van der Waals surface area contributed by atoms with Crippen LogP contribution in [0.15, 0.2) is 16.8 Å². The average Bonchev–Trinajstić information content (AvgIpc) is 2.74. The molecule has 1 saturated heterocycles. The van der Waals surface area contributed by atoms with E-state index in [0.717, 1.165) is 24.9 Å². The molecule has 1 aromatic rings. The molecular weight excluding hydrogens is 185 g/mol. The van der Waals surface area contributed by atoms with Gasteiger partial charge in [0.2, 0.25) is 0 Å². The summed E-state index contributed by atoms with van der Waals surface area (Å²) < 4.78 is 13.6. The molecule has 0 radical (unpaired) electrons. The van der Waals surface area contributed by atoms with E-state index in [2.05, 4.69) is 5.32 Å². The van der Waals surface area contributed by atoms with Crippen molar-refractivity contribution in [1.82, 2.24) is 5.32 Å². The first-order chi connectivity index (χ1) is 6.36. The normalized spacial score (nSPS) is 24.8. The van der Waals surface area contributed by atoms with Gasteiger partial charge in [-0.25, -0.2) is 4.39 Å². The quantitative estimate of drug-likeness (QED) is 0.788. The van der Waals surface area contributed by atoms with Crippen molar-refractivity contribution in [2.75, 3.05) is 6.54 Å². The van der Waals surface area contributed by atoms with Gasteiger partial charge in [0, 0.05) is 12.5 Å². The third-order valence-corrected chi connectivity index (χ3v) is 3.28. The van der Waals surface area contributed by atoms with Crippen LogP contribution in [0.4, 0.5) is 4.39 Å². The lowest BCUT2D eigenvalue weighted by atomic mass is 10.0. The van der Waals surface area contributed by atoms with Gasteiger partial charge in [0.05, 0.1) is 0 Å². The van der Waals surface area contributed by atoms with Crippen LogP contribution in [-0.2, 0) is 6.42 Å². The molecule has 2 heterocycles. The summed E-state index contributed by atoms with van der Waals surface area (Å²) >= 11 is 1.64. The summed E-state index contributed by atoms with van der Waals surface area (Å²) in [7, 11) is 0. The standard InChI is InChI=1S/C10H14FNS/c11-9(10-2-1-4-12-10)6-8-3-5-13-7-8/h3,5,7,9-10,12H,1-2,4,6H2. The maximum atomic E-state index is 13.6. The van der Waals surface area contributed by atoms with Crippen LogP contribution in [0.25, 0.3) is 0 Å². The van der Waals surface area contributed by atoms with E-state index in [1.54, 1.807) is 11.3 Å². The molecule has 3 heteroatoms. The van der Waals surface area contributed by atoms with Crippen molar-refractivity contribution in [3.8, 4) is 0 Å². The van der Waals surface area contributed by atoms with Crippen molar-refractivity contribution in [3.63, 3.8) is 0 Å². The molecular formula is C10H14FNS. The smallest absolute Gasteiger partial charge is 0.119 e. The van der Waals surface area contributed by atoms with Crippen molar-refractivity contribution in [1.29, 1.82) is 0 Å². The molecule has 2 rings (SSSR count). The molecule has 1 fully saturated rings. The summed E-state index contributed by atoms with van der Waals surface area (Å²) in [5.74, 6) is 0. The predicted molar refractivity (Wildman–Crippen MR) is 53.9 cm³/mol. The predicted octanol–water partition coefficient (Wildman–Crippen LogP) is 2.38.